The van der Waals surface area contributed by atoms with Crippen LogP contribution in [-0.2, 0) is 6.42 Å². The number of likely N-dealkylation sites (N-methyl/N-ethyl adjacent to an activating group) is 1. The summed E-state index contributed by atoms with van der Waals surface area (Å²) in [6.07, 6.45) is 8.36. The van der Waals surface area contributed by atoms with Crippen molar-refractivity contribution >= 4 is 11.8 Å². The molecular weight excluding hydrogens is 274 g/mol. The van der Waals surface area contributed by atoms with Crippen LogP contribution in [0.15, 0.2) is 24.3 Å². The normalized spacial score (nSPS) is 18.1. The van der Waals surface area contributed by atoms with Crippen LogP contribution < -0.4 is 5.32 Å². The molecule has 1 atom stereocenters. The molecule has 0 radical (unpaired) electrons. The Balaban J connectivity index is 1.80. The highest BCUT2D eigenvalue weighted by Crippen LogP contribution is 2.29. The van der Waals surface area contributed by atoms with Gasteiger partial charge in [0.05, 0.1) is 0 Å². The van der Waals surface area contributed by atoms with E-state index in [1.807, 2.05) is 0 Å². The Morgan fingerprint density at radius 3 is 2.33 bits per heavy atom. The molecule has 118 valence electrons. The average molecular weight is 306 g/mol. The molecule has 0 amide bonds. The minimum absolute atomic E-state index is 0.599. The molecule has 1 saturated carbocycles. The molecule has 1 nitrogen and oxygen atoms in total. The Hall–Kier alpha value is -0.470. The summed E-state index contributed by atoms with van der Waals surface area (Å²) in [5, 5.41) is 4.42. The summed E-state index contributed by atoms with van der Waals surface area (Å²) in [4.78, 5) is 0. The minimum atomic E-state index is 0.599. The first-order valence-corrected chi connectivity index (χ1v) is 9.61. The second-order valence-electron chi connectivity index (χ2n) is 6.68. The molecule has 1 aromatic carbocycles. The lowest BCUT2D eigenvalue weighted by Gasteiger charge is -2.24. The quantitative estimate of drug-likeness (QED) is 0.760. The third-order valence-corrected chi connectivity index (χ3v) is 6.16. The van der Waals surface area contributed by atoms with Gasteiger partial charge in [0.25, 0.3) is 0 Å². The lowest BCUT2D eigenvalue weighted by Crippen LogP contribution is -2.31. The fourth-order valence-corrected chi connectivity index (χ4v) is 4.51. The molecule has 0 spiro atoms. The zero-order valence-electron chi connectivity index (χ0n) is 13.9. The van der Waals surface area contributed by atoms with E-state index in [1.54, 1.807) is 0 Å². The van der Waals surface area contributed by atoms with Gasteiger partial charge < -0.3 is 5.32 Å². The summed E-state index contributed by atoms with van der Waals surface area (Å²) >= 11 is 2.19. The van der Waals surface area contributed by atoms with E-state index < -0.39 is 0 Å². The lowest BCUT2D eigenvalue weighted by molar-refractivity contribution is 0.514. The zero-order chi connectivity index (χ0) is 15.1. The molecule has 1 aromatic rings. The van der Waals surface area contributed by atoms with Gasteiger partial charge >= 0.3 is 0 Å². The second-order valence-corrected chi connectivity index (χ2v) is 8.01. The van der Waals surface area contributed by atoms with Crippen LogP contribution in [0.2, 0.25) is 0 Å². The number of hydrogen-bond donors (Lipinski definition) is 1. The van der Waals surface area contributed by atoms with Crippen molar-refractivity contribution in [3.05, 3.63) is 35.4 Å². The monoisotopic (exact) mass is 305 g/mol. The number of rotatable bonds is 7. The van der Waals surface area contributed by atoms with Gasteiger partial charge in [0.15, 0.2) is 0 Å². The van der Waals surface area contributed by atoms with Crippen LogP contribution in [0.3, 0.4) is 0 Å². The third-order valence-electron chi connectivity index (χ3n) is 4.62. The summed E-state index contributed by atoms with van der Waals surface area (Å²) in [7, 11) is 2.11. The first-order valence-electron chi connectivity index (χ1n) is 8.56. The molecule has 1 fully saturated rings. The van der Waals surface area contributed by atoms with Gasteiger partial charge in [0, 0.05) is 17.0 Å². The summed E-state index contributed by atoms with van der Waals surface area (Å²) in [5.41, 5.74) is 2.90. The summed E-state index contributed by atoms with van der Waals surface area (Å²) in [5.74, 6) is 1.87. The van der Waals surface area contributed by atoms with E-state index in [1.165, 1.54) is 49.0 Å². The molecule has 0 aliphatic heterocycles. The topological polar surface area (TPSA) is 12.0 Å². The van der Waals surface area contributed by atoms with Crippen molar-refractivity contribution in [3.8, 4) is 0 Å². The van der Waals surface area contributed by atoms with Crippen molar-refractivity contribution in [2.45, 2.75) is 69.6 Å². The number of nitrogens with one attached hydrogen (secondary N) is 1. The van der Waals surface area contributed by atoms with Gasteiger partial charge in [0.2, 0.25) is 0 Å². The molecule has 0 heterocycles. The molecule has 0 aromatic heterocycles. The van der Waals surface area contributed by atoms with Crippen molar-refractivity contribution in [1.82, 2.24) is 5.32 Å². The maximum atomic E-state index is 3.51. The number of thioether (sulfide) groups is 1. The first kappa shape index (κ1) is 16.9. The molecule has 0 saturated heterocycles. The molecular formula is C19H31NS. The largest absolute Gasteiger partial charge is 0.316 e. The van der Waals surface area contributed by atoms with Crippen molar-refractivity contribution in [2.24, 2.45) is 0 Å². The van der Waals surface area contributed by atoms with Crippen LogP contribution in [0.25, 0.3) is 0 Å². The average Bonchev–Trinajstić information content (AvgIpc) is 2.53. The van der Waals surface area contributed by atoms with Crippen molar-refractivity contribution in [1.29, 1.82) is 0 Å². The highest BCUT2D eigenvalue weighted by molar-refractivity contribution is 7.99. The van der Waals surface area contributed by atoms with E-state index in [0.29, 0.717) is 12.0 Å². The molecule has 1 aliphatic rings. The van der Waals surface area contributed by atoms with E-state index in [9.17, 15) is 0 Å². The van der Waals surface area contributed by atoms with Gasteiger partial charge in [0.1, 0.15) is 0 Å². The molecule has 2 rings (SSSR count). The van der Waals surface area contributed by atoms with Gasteiger partial charge in [-0.3, -0.25) is 0 Å². The van der Waals surface area contributed by atoms with Crippen LogP contribution >= 0.6 is 11.8 Å². The predicted octanol–water partition coefficient (Wildman–Crippen LogP) is 5.01. The van der Waals surface area contributed by atoms with Gasteiger partial charge in [-0.25, -0.2) is 0 Å². The number of hydrogen-bond acceptors (Lipinski definition) is 2. The standard InChI is InChI=1S/C19H31NS/c1-15(2)17-11-9-16(10-12-17)13-18(20-3)14-21-19-7-5-4-6-8-19/h9-12,15,18-20H,4-8,13-14H2,1-3H3. The van der Waals surface area contributed by atoms with E-state index in [4.69, 9.17) is 0 Å². The molecule has 2 heteroatoms. The first-order chi connectivity index (χ1) is 10.2. The maximum Gasteiger partial charge on any atom is 0.0195 e. The third kappa shape index (κ3) is 5.67. The Kier molecular flexibility index (Phi) is 7.12. The SMILES string of the molecule is CNC(CSC1CCCCC1)Cc1ccc(C(C)C)cc1. The van der Waals surface area contributed by atoms with E-state index in [-0.39, 0.29) is 0 Å². The predicted molar refractivity (Wildman–Crippen MR) is 96.4 cm³/mol. The van der Waals surface area contributed by atoms with Crippen molar-refractivity contribution in [3.63, 3.8) is 0 Å². The summed E-state index contributed by atoms with van der Waals surface area (Å²) in [6.45, 7) is 4.51. The van der Waals surface area contributed by atoms with E-state index in [0.717, 1.165) is 11.7 Å². The Bertz CT molecular complexity index is 393. The van der Waals surface area contributed by atoms with Gasteiger partial charge in [-0.2, -0.15) is 11.8 Å². The number of benzene rings is 1. The Morgan fingerprint density at radius 1 is 1.10 bits per heavy atom. The van der Waals surface area contributed by atoms with Crippen LogP contribution in [-0.4, -0.2) is 24.1 Å². The fraction of sp³-hybridized carbons (Fsp3) is 0.684. The van der Waals surface area contributed by atoms with Gasteiger partial charge in [-0.1, -0.05) is 57.4 Å². The zero-order valence-corrected chi connectivity index (χ0v) is 14.7. The molecule has 1 N–H and O–H groups in total. The van der Waals surface area contributed by atoms with Gasteiger partial charge in [-0.05, 0) is 43.4 Å². The highest BCUT2D eigenvalue weighted by Gasteiger charge is 2.16. The van der Waals surface area contributed by atoms with Crippen LogP contribution in [0.5, 0.6) is 0 Å². The Morgan fingerprint density at radius 2 is 1.76 bits per heavy atom. The van der Waals surface area contributed by atoms with Crippen molar-refractivity contribution in [2.75, 3.05) is 12.8 Å². The lowest BCUT2D eigenvalue weighted by atomic mass is 9.99. The van der Waals surface area contributed by atoms with Crippen molar-refractivity contribution < 1.29 is 0 Å². The van der Waals surface area contributed by atoms with Crippen LogP contribution in [0.4, 0.5) is 0 Å². The second kappa shape index (κ2) is 8.85. The molecule has 1 unspecified atom stereocenters. The van der Waals surface area contributed by atoms with Crippen LogP contribution in [0.1, 0.15) is 63.0 Å². The molecule has 1 aliphatic carbocycles. The molecule has 0 bridgehead atoms. The van der Waals surface area contributed by atoms with E-state index in [2.05, 4.69) is 62.2 Å². The maximum absolute atomic E-state index is 3.51. The fourth-order valence-electron chi connectivity index (χ4n) is 3.05. The summed E-state index contributed by atoms with van der Waals surface area (Å²) in [6, 6.07) is 9.81. The minimum Gasteiger partial charge on any atom is -0.316 e. The van der Waals surface area contributed by atoms with E-state index >= 15 is 0 Å². The molecule has 21 heavy (non-hydrogen) atoms. The smallest absolute Gasteiger partial charge is 0.0195 e. The van der Waals surface area contributed by atoms with Crippen LogP contribution in [0, 0.1) is 0 Å². The van der Waals surface area contributed by atoms with Gasteiger partial charge in [-0.15, -0.1) is 0 Å². The highest BCUT2D eigenvalue weighted by atomic mass is 32.2. The summed E-state index contributed by atoms with van der Waals surface area (Å²) < 4.78 is 0. The Labute approximate surface area is 135 Å².